The quantitative estimate of drug-likeness (QED) is 0.787. The van der Waals surface area contributed by atoms with Crippen LogP contribution in [-0.4, -0.2) is 23.4 Å². The van der Waals surface area contributed by atoms with Gasteiger partial charge in [0, 0.05) is 17.1 Å². The lowest BCUT2D eigenvalue weighted by atomic mass is 10.2. The van der Waals surface area contributed by atoms with Gasteiger partial charge in [-0.05, 0) is 71.1 Å². The van der Waals surface area contributed by atoms with Gasteiger partial charge in [-0.25, -0.2) is 4.39 Å². The second-order valence-electron chi connectivity index (χ2n) is 6.29. The first-order chi connectivity index (χ1) is 11.5. The number of anilines is 1. The number of aryl methyl sites for hydroxylation is 1. The van der Waals surface area contributed by atoms with Crippen LogP contribution < -0.4 is 5.32 Å². The zero-order valence-corrected chi connectivity index (χ0v) is 15.1. The number of carbonyl (C=O) groups excluding carboxylic acids is 1. The molecule has 0 unspecified atom stereocenters. The Hall–Kier alpha value is -1.72. The number of rotatable bonds is 6. The molecule has 0 bridgehead atoms. The minimum Gasteiger partial charge on any atom is -0.324 e. The summed E-state index contributed by atoms with van der Waals surface area (Å²) in [5.74, 6) is -0.271. The molecule has 0 radical (unpaired) electrons. The predicted molar refractivity (Wildman–Crippen MR) is 97.3 cm³/mol. The average molecular weight is 391 g/mol. The molecule has 0 spiro atoms. The van der Waals surface area contributed by atoms with Gasteiger partial charge in [-0.3, -0.25) is 9.69 Å². The topological polar surface area (TPSA) is 32.3 Å². The number of hydrogen-bond acceptors (Lipinski definition) is 2. The first-order valence-electron chi connectivity index (χ1n) is 8.06. The summed E-state index contributed by atoms with van der Waals surface area (Å²) in [5, 5.41) is 2.96. The molecule has 5 heteroatoms. The maximum absolute atomic E-state index is 13.0. The van der Waals surface area contributed by atoms with Crippen LogP contribution in [0.15, 0.2) is 46.9 Å². The Bertz CT molecular complexity index is 729. The van der Waals surface area contributed by atoms with E-state index in [-0.39, 0.29) is 11.7 Å². The van der Waals surface area contributed by atoms with Crippen molar-refractivity contribution in [2.75, 3.05) is 11.9 Å². The Morgan fingerprint density at radius 1 is 1.25 bits per heavy atom. The molecule has 1 amide bonds. The van der Waals surface area contributed by atoms with Gasteiger partial charge in [-0.15, -0.1) is 0 Å². The van der Waals surface area contributed by atoms with Crippen molar-refractivity contribution in [2.45, 2.75) is 32.4 Å². The molecule has 3 nitrogen and oxygen atoms in total. The fourth-order valence-corrected chi connectivity index (χ4v) is 3.27. The molecule has 3 rings (SSSR count). The van der Waals surface area contributed by atoms with Gasteiger partial charge in [0.05, 0.1) is 12.2 Å². The van der Waals surface area contributed by atoms with Crippen LogP contribution in [0.4, 0.5) is 10.1 Å². The second-order valence-corrected chi connectivity index (χ2v) is 7.15. The lowest BCUT2D eigenvalue weighted by molar-refractivity contribution is -0.117. The maximum Gasteiger partial charge on any atom is 0.238 e. The van der Waals surface area contributed by atoms with E-state index < -0.39 is 0 Å². The maximum atomic E-state index is 13.0. The van der Waals surface area contributed by atoms with E-state index in [1.54, 1.807) is 12.1 Å². The number of amides is 1. The van der Waals surface area contributed by atoms with Crippen molar-refractivity contribution in [3.05, 3.63) is 63.9 Å². The van der Waals surface area contributed by atoms with Crippen molar-refractivity contribution in [1.29, 1.82) is 0 Å². The Labute approximate surface area is 150 Å². The summed E-state index contributed by atoms with van der Waals surface area (Å²) in [6.07, 6.45) is 2.23. The Morgan fingerprint density at radius 2 is 1.96 bits per heavy atom. The Morgan fingerprint density at radius 3 is 2.58 bits per heavy atom. The van der Waals surface area contributed by atoms with Crippen molar-refractivity contribution < 1.29 is 9.18 Å². The monoisotopic (exact) mass is 390 g/mol. The third kappa shape index (κ3) is 4.65. The number of nitrogens with one attached hydrogen (secondary N) is 1. The van der Waals surface area contributed by atoms with E-state index in [0.29, 0.717) is 19.1 Å². The molecule has 1 aliphatic rings. The lowest BCUT2D eigenvalue weighted by Crippen LogP contribution is -2.34. The largest absolute Gasteiger partial charge is 0.324 e. The fraction of sp³-hybridized carbons (Fsp3) is 0.316. The Kier molecular flexibility index (Phi) is 5.31. The molecule has 2 aromatic rings. The van der Waals surface area contributed by atoms with E-state index in [4.69, 9.17) is 0 Å². The normalized spacial score (nSPS) is 14.0. The number of carbonyl (C=O) groups is 1. The molecule has 1 N–H and O–H groups in total. The average Bonchev–Trinajstić information content (AvgIpc) is 3.36. The van der Waals surface area contributed by atoms with E-state index >= 15 is 0 Å². The van der Waals surface area contributed by atoms with Crippen LogP contribution in [0.2, 0.25) is 0 Å². The van der Waals surface area contributed by atoms with E-state index in [1.807, 2.05) is 25.1 Å². The highest BCUT2D eigenvalue weighted by atomic mass is 79.9. The number of nitrogens with zero attached hydrogens (tertiary/aromatic N) is 1. The van der Waals surface area contributed by atoms with Crippen molar-refractivity contribution in [1.82, 2.24) is 4.90 Å². The van der Waals surface area contributed by atoms with Gasteiger partial charge in [-0.2, -0.15) is 0 Å². The molecule has 0 aliphatic heterocycles. The van der Waals surface area contributed by atoms with Crippen molar-refractivity contribution >= 4 is 27.5 Å². The smallest absolute Gasteiger partial charge is 0.238 e. The molecule has 126 valence electrons. The first kappa shape index (κ1) is 17.1. The SMILES string of the molecule is Cc1ccc(NC(=O)CN(Cc2ccc(F)cc2)C2CC2)c(Br)c1. The zero-order valence-electron chi connectivity index (χ0n) is 13.6. The second kappa shape index (κ2) is 7.45. The van der Waals surface area contributed by atoms with Crippen LogP contribution in [0.1, 0.15) is 24.0 Å². The number of hydrogen-bond donors (Lipinski definition) is 1. The van der Waals surface area contributed by atoms with E-state index in [2.05, 4.69) is 26.1 Å². The summed E-state index contributed by atoms with van der Waals surface area (Å²) in [6, 6.07) is 12.8. The fourth-order valence-electron chi connectivity index (χ4n) is 2.67. The van der Waals surface area contributed by atoms with Crippen LogP contribution >= 0.6 is 15.9 Å². The third-order valence-corrected chi connectivity index (χ3v) is 4.76. The van der Waals surface area contributed by atoms with Gasteiger partial charge in [0.1, 0.15) is 5.82 Å². The van der Waals surface area contributed by atoms with Crippen LogP contribution in [-0.2, 0) is 11.3 Å². The van der Waals surface area contributed by atoms with Crippen LogP contribution in [0, 0.1) is 12.7 Å². The summed E-state index contributed by atoms with van der Waals surface area (Å²) in [6.45, 7) is 3.00. The van der Waals surface area contributed by atoms with Gasteiger partial charge < -0.3 is 5.32 Å². The standard InChI is InChI=1S/C19H20BrFN2O/c1-13-2-9-18(17(20)10-13)22-19(24)12-23(16-7-8-16)11-14-3-5-15(21)6-4-14/h2-6,9-10,16H,7-8,11-12H2,1H3,(H,22,24). The predicted octanol–water partition coefficient (Wildman–Crippen LogP) is 4.50. The molecule has 0 aromatic heterocycles. The van der Waals surface area contributed by atoms with E-state index in [0.717, 1.165) is 34.1 Å². The number of halogens is 2. The van der Waals surface area contributed by atoms with Crippen molar-refractivity contribution in [3.8, 4) is 0 Å². The molecule has 1 saturated carbocycles. The van der Waals surface area contributed by atoms with E-state index in [9.17, 15) is 9.18 Å². The summed E-state index contributed by atoms with van der Waals surface area (Å²) in [5.41, 5.74) is 2.94. The van der Waals surface area contributed by atoms with Crippen molar-refractivity contribution in [3.63, 3.8) is 0 Å². The molecular weight excluding hydrogens is 371 g/mol. The highest BCUT2D eigenvalue weighted by Gasteiger charge is 2.30. The van der Waals surface area contributed by atoms with Crippen molar-refractivity contribution in [2.24, 2.45) is 0 Å². The van der Waals surface area contributed by atoms with Gasteiger partial charge in [-0.1, -0.05) is 18.2 Å². The lowest BCUT2D eigenvalue weighted by Gasteiger charge is -2.21. The highest BCUT2D eigenvalue weighted by molar-refractivity contribution is 9.10. The molecule has 2 aromatic carbocycles. The minimum atomic E-state index is -0.237. The van der Waals surface area contributed by atoms with Crippen LogP contribution in [0.3, 0.4) is 0 Å². The number of benzene rings is 2. The molecule has 0 heterocycles. The minimum absolute atomic E-state index is 0.0337. The van der Waals surface area contributed by atoms with E-state index in [1.165, 1.54) is 12.1 Å². The molecular formula is C19H20BrFN2O. The van der Waals surface area contributed by atoms with Gasteiger partial charge in [0.15, 0.2) is 0 Å². The summed E-state index contributed by atoms with van der Waals surface area (Å²) < 4.78 is 13.9. The van der Waals surface area contributed by atoms with Crippen LogP contribution in [0.25, 0.3) is 0 Å². The summed E-state index contributed by atoms with van der Waals surface area (Å²) in [7, 11) is 0. The van der Waals surface area contributed by atoms with Gasteiger partial charge in [0.25, 0.3) is 0 Å². The molecule has 24 heavy (non-hydrogen) atoms. The molecule has 1 fully saturated rings. The summed E-state index contributed by atoms with van der Waals surface area (Å²) >= 11 is 3.48. The van der Waals surface area contributed by atoms with Gasteiger partial charge in [0.2, 0.25) is 5.91 Å². The first-order valence-corrected chi connectivity index (χ1v) is 8.85. The molecule has 0 atom stereocenters. The Balaban J connectivity index is 1.62. The summed E-state index contributed by atoms with van der Waals surface area (Å²) in [4.78, 5) is 14.6. The molecule has 1 aliphatic carbocycles. The third-order valence-electron chi connectivity index (χ3n) is 4.11. The van der Waals surface area contributed by atoms with Crippen LogP contribution in [0.5, 0.6) is 0 Å². The zero-order chi connectivity index (χ0) is 17.1. The molecule has 0 saturated heterocycles. The van der Waals surface area contributed by atoms with Gasteiger partial charge >= 0.3 is 0 Å². The highest BCUT2D eigenvalue weighted by Crippen LogP contribution is 2.29.